The molecule has 8 nitrogen and oxygen atoms in total. The molecule has 0 fully saturated rings. The lowest BCUT2D eigenvalue weighted by molar-refractivity contribution is -0.119. The van der Waals surface area contributed by atoms with Gasteiger partial charge in [-0.25, -0.2) is 18.4 Å². The van der Waals surface area contributed by atoms with Crippen LogP contribution in [-0.4, -0.2) is 40.3 Å². The largest absolute Gasteiger partial charge is 0.496 e. The Morgan fingerprint density at radius 1 is 1.19 bits per heavy atom. The van der Waals surface area contributed by atoms with E-state index in [1.165, 1.54) is 31.0 Å². The third kappa shape index (κ3) is 5.46. The maximum absolute atomic E-state index is 12.3. The van der Waals surface area contributed by atoms with Crippen LogP contribution in [0.25, 0.3) is 0 Å². The van der Waals surface area contributed by atoms with Crippen LogP contribution in [0.5, 0.6) is 5.75 Å². The Balaban J connectivity index is 2.10. The molecule has 10 heteroatoms. The Labute approximate surface area is 161 Å². The fourth-order valence-electron chi connectivity index (χ4n) is 2.17. The first-order valence-corrected chi connectivity index (χ1v) is 10.3. The predicted molar refractivity (Wildman–Crippen MR) is 102 cm³/mol. The van der Waals surface area contributed by atoms with Crippen molar-refractivity contribution in [3.05, 3.63) is 48.0 Å². The van der Waals surface area contributed by atoms with Gasteiger partial charge in [0.1, 0.15) is 11.3 Å². The monoisotopic (exact) mass is 410 g/mol. The van der Waals surface area contributed by atoms with Gasteiger partial charge in [-0.1, -0.05) is 12.1 Å². The molecular weight excluding hydrogens is 392 g/mol. The number of para-hydroxylation sites is 1. The van der Waals surface area contributed by atoms with Crippen LogP contribution in [0.1, 0.15) is 10.4 Å². The topological polar surface area (TPSA) is 125 Å². The van der Waals surface area contributed by atoms with E-state index in [0.717, 1.165) is 11.0 Å². The van der Waals surface area contributed by atoms with Crippen LogP contribution in [0, 0.1) is 0 Å². The van der Waals surface area contributed by atoms with Crippen molar-refractivity contribution in [1.82, 2.24) is 0 Å². The van der Waals surface area contributed by atoms with Crippen LogP contribution in [0.2, 0.25) is 0 Å². The minimum absolute atomic E-state index is 0.0977. The molecule has 0 aliphatic rings. The summed E-state index contributed by atoms with van der Waals surface area (Å²) < 4.78 is 32.9. The maximum Gasteiger partial charge on any atom is 0.342 e. The number of nitrogens with one attached hydrogen (secondary N) is 1. The van der Waals surface area contributed by atoms with Crippen molar-refractivity contribution in [2.45, 2.75) is 9.79 Å². The highest BCUT2D eigenvalue weighted by Crippen LogP contribution is 2.25. The molecule has 3 N–H and O–H groups in total. The van der Waals surface area contributed by atoms with Crippen molar-refractivity contribution < 1.29 is 27.5 Å². The molecule has 1 amide bonds. The van der Waals surface area contributed by atoms with Crippen molar-refractivity contribution in [2.24, 2.45) is 5.14 Å². The molecular formula is C17H18N2O6S2. The van der Waals surface area contributed by atoms with E-state index < -0.39 is 28.5 Å². The number of thioether (sulfide) groups is 1. The number of carbonyl (C=O) groups is 2. The number of sulfonamides is 1. The number of esters is 1. The number of carbonyl (C=O) groups excluding carboxylic acids is 2. The van der Waals surface area contributed by atoms with Gasteiger partial charge in [0.25, 0.3) is 5.91 Å². The Morgan fingerprint density at radius 3 is 2.52 bits per heavy atom. The summed E-state index contributed by atoms with van der Waals surface area (Å²) in [5, 5.41) is 7.71. The van der Waals surface area contributed by atoms with Crippen LogP contribution < -0.4 is 15.2 Å². The third-order valence-electron chi connectivity index (χ3n) is 3.43. The van der Waals surface area contributed by atoms with E-state index in [1.807, 2.05) is 18.4 Å². The van der Waals surface area contributed by atoms with Gasteiger partial charge in [-0.2, -0.15) is 0 Å². The van der Waals surface area contributed by atoms with Crippen LogP contribution >= 0.6 is 11.8 Å². The van der Waals surface area contributed by atoms with Crippen LogP contribution in [0.4, 0.5) is 5.69 Å². The molecule has 0 heterocycles. The molecule has 0 saturated heterocycles. The van der Waals surface area contributed by atoms with Gasteiger partial charge in [0, 0.05) is 4.90 Å². The zero-order valence-corrected chi connectivity index (χ0v) is 16.2. The normalized spacial score (nSPS) is 10.9. The lowest BCUT2D eigenvalue weighted by atomic mass is 10.2. The molecule has 2 aromatic carbocycles. The first-order valence-electron chi connectivity index (χ1n) is 7.57. The quantitative estimate of drug-likeness (QED) is 0.527. The SMILES string of the molecule is COc1ccc(S(N)(=O)=O)cc1C(=O)OCC(=O)Nc1ccccc1SC. The van der Waals surface area contributed by atoms with E-state index in [4.69, 9.17) is 14.6 Å². The summed E-state index contributed by atoms with van der Waals surface area (Å²) in [6.45, 7) is -0.551. The average Bonchev–Trinajstić information content (AvgIpc) is 2.65. The van der Waals surface area contributed by atoms with Crippen molar-refractivity contribution in [3.63, 3.8) is 0 Å². The summed E-state index contributed by atoms with van der Waals surface area (Å²) in [5.74, 6) is -1.35. The summed E-state index contributed by atoms with van der Waals surface area (Å²) in [5.41, 5.74) is 0.446. The number of primary sulfonamides is 1. The number of rotatable bonds is 7. The minimum Gasteiger partial charge on any atom is -0.496 e. The lowest BCUT2D eigenvalue weighted by Crippen LogP contribution is -2.22. The van der Waals surface area contributed by atoms with Gasteiger partial charge in [-0.3, -0.25) is 4.79 Å². The second-order valence-electron chi connectivity index (χ2n) is 5.23. The highest BCUT2D eigenvalue weighted by Gasteiger charge is 2.19. The van der Waals surface area contributed by atoms with Crippen LogP contribution in [-0.2, 0) is 19.6 Å². The van der Waals surface area contributed by atoms with Crippen molar-refractivity contribution in [2.75, 3.05) is 25.3 Å². The van der Waals surface area contributed by atoms with E-state index in [2.05, 4.69) is 5.32 Å². The van der Waals surface area contributed by atoms with E-state index >= 15 is 0 Å². The number of ether oxygens (including phenoxy) is 2. The lowest BCUT2D eigenvalue weighted by Gasteiger charge is -2.11. The molecule has 0 radical (unpaired) electrons. The van der Waals surface area contributed by atoms with Gasteiger partial charge in [0.2, 0.25) is 10.0 Å². The van der Waals surface area contributed by atoms with Crippen molar-refractivity contribution in [3.8, 4) is 5.75 Å². The molecule has 0 aliphatic carbocycles. The molecule has 0 atom stereocenters. The smallest absolute Gasteiger partial charge is 0.342 e. The molecule has 2 rings (SSSR count). The summed E-state index contributed by atoms with van der Waals surface area (Å²) in [4.78, 5) is 24.9. The van der Waals surface area contributed by atoms with E-state index in [9.17, 15) is 18.0 Å². The number of amides is 1. The average molecular weight is 410 g/mol. The minimum atomic E-state index is -4.01. The zero-order valence-electron chi connectivity index (χ0n) is 14.6. The summed E-state index contributed by atoms with van der Waals surface area (Å²) in [6, 6.07) is 10.7. The first kappa shape index (κ1) is 20.7. The fourth-order valence-corrected chi connectivity index (χ4v) is 3.26. The second-order valence-corrected chi connectivity index (χ2v) is 7.64. The van der Waals surface area contributed by atoms with E-state index in [-0.39, 0.29) is 16.2 Å². The molecule has 0 aromatic heterocycles. The third-order valence-corrected chi connectivity index (χ3v) is 5.14. The van der Waals surface area contributed by atoms with Gasteiger partial charge in [-0.15, -0.1) is 11.8 Å². The molecule has 0 saturated carbocycles. The first-order chi connectivity index (χ1) is 12.8. The molecule has 0 spiro atoms. The Kier molecular flexibility index (Phi) is 6.83. The molecule has 27 heavy (non-hydrogen) atoms. The molecule has 0 bridgehead atoms. The Morgan fingerprint density at radius 2 is 1.89 bits per heavy atom. The highest BCUT2D eigenvalue weighted by atomic mass is 32.2. The second kappa shape index (κ2) is 8.89. The van der Waals surface area contributed by atoms with E-state index in [0.29, 0.717) is 5.69 Å². The standard InChI is InChI=1S/C17H18N2O6S2/c1-24-14-8-7-11(27(18,22)23)9-12(14)17(21)25-10-16(20)19-13-5-3-4-6-15(13)26-2/h3-9H,10H2,1-2H3,(H,19,20)(H2,18,22,23). The van der Waals surface area contributed by atoms with Gasteiger partial charge < -0.3 is 14.8 Å². The summed E-state index contributed by atoms with van der Waals surface area (Å²) >= 11 is 1.46. The molecule has 2 aromatic rings. The summed E-state index contributed by atoms with van der Waals surface area (Å²) in [7, 11) is -2.69. The number of anilines is 1. The van der Waals surface area contributed by atoms with Crippen molar-refractivity contribution in [1.29, 1.82) is 0 Å². The number of methoxy groups -OCH3 is 1. The number of benzene rings is 2. The summed E-state index contributed by atoms with van der Waals surface area (Å²) in [6.07, 6.45) is 1.87. The Hall–Kier alpha value is -2.56. The maximum atomic E-state index is 12.3. The molecule has 144 valence electrons. The molecule has 0 aliphatic heterocycles. The van der Waals surface area contributed by atoms with Gasteiger partial charge >= 0.3 is 5.97 Å². The van der Waals surface area contributed by atoms with Crippen molar-refractivity contribution >= 4 is 39.3 Å². The zero-order chi connectivity index (χ0) is 20.0. The van der Waals surface area contributed by atoms with Gasteiger partial charge in [0.15, 0.2) is 6.61 Å². The van der Waals surface area contributed by atoms with Crippen LogP contribution in [0.15, 0.2) is 52.3 Å². The van der Waals surface area contributed by atoms with Gasteiger partial charge in [-0.05, 0) is 36.6 Å². The van der Waals surface area contributed by atoms with Crippen LogP contribution in [0.3, 0.4) is 0 Å². The number of nitrogens with two attached hydrogens (primary N) is 1. The fraction of sp³-hybridized carbons (Fsp3) is 0.176. The predicted octanol–water partition coefficient (Wildman–Crippen LogP) is 1.86. The Bertz CT molecular complexity index is 960. The van der Waals surface area contributed by atoms with Gasteiger partial charge in [0.05, 0.1) is 17.7 Å². The number of hydrogen-bond donors (Lipinski definition) is 2. The highest BCUT2D eigenvalue weighted by molar-refractivity contribution is 7.98. The molecule has 0 unspecified atom stereocenters. The van der Waals surface area contributed by atoms with E-state index in [1.54, 1.807) is 12.1 Å². The number of hydrogen-bond acceptors (Lipinski definition) is 7.